The maximum Gasteiger partial charge on any atom is 0.179 e. The normalized spacial score (nSPS) is 29.0. The maximum atomic E-state index is 12.6. The van der Waals surface area contributed by atoms with Gasteiger partial charge in [0.05, 0.1) is 10.6 Å². The van der Waals surface area contributed by atoms with Gasteiger partial charge in [0.2, 0.25) is 0 Å². The molecule has 0 spiro atoms. The molecular weight excluding hydrogens is 340 g/mol. The molecule has 1 saturated heterocycles. The minimum absolute atomic E-state index is 0. The summed E-state index contributed by atoms with van der Waals surface area (Å²) in [6.45, 7) is 3.38. The van der Waals surface area contributed by atoms with Crippen LogP contribution < -0.4 is 0 Å². The summed E-state index contributed by atoms with van der Waals surface area (Å²) in [5.41, 5.74) is 3.23. The molecule has 0 bridgehead atoms. The first-order valence-corrected chi connectivity index (χ1v) is 10.9. The smallest absolute Gasteiger partial charge is 0.179 e. The van der Waals surface area contributed by atoms with Crippen LogP contribution in [0.25, 0.3) is 11.1 Å². The van der Waals surface area contributed by atoms with E-state index in [1.165, 1.54) is 18.0 Å². The number of benzene rings is 1. The molecule has 2 aliphatic heterocycles. The number of hydrogen-bond acceptors (Lipinski definition) is 5. The van der Waals surface area contributed by atoms with Crippen LogP contribution in [0.1, 0.15) is 39.1 Å². The highest BCUT2D eigenvalue weighted by Gasteiger charge is 2.42. The van der Waals surface area contributed by atoms with E-state index in [1.54, 1.807) is 6.07 Å². The average molecular weight is 365 g/mol. The van der Waals surface area contributed by atoms with Crippen LogP contribution >= 0.6 is 11.5 Å². The summed E-state index contributed by atoms with van der Waals surface area (Å²) in [6, 6.07) is 5.77. The highest BCUT2D eigenvalue weighted by atomic mass is 32.2. The molecule has 0 saturated carbocycles. The van der Waals surface area contributed by atoms with E-state index < -0.39 is 9.84 Å². The summed E-state index contributed by atoms with van der Waals surface area (Å²) >= 11 is 1.42. The van der Waals surface area contributed by atoms with Gasteiger partial charge in [0.25, 0.3) is 0 Å². The monoisotopic (exact) mass is 364 g/mol. The molecule has 130 valence electrons. The van der Waals surface area contributed by atoms with E-state index in [9.17, 15) is 8.42 Å². The van der Waals surface area contributed by atoms with Gasteiger partial charge in [0, 0.05) is 30.0 Å². The maximum absolute atomic E-state index is 12.6. The van der Waals surface area contributed by atoms with Crippen LogP contribution in [0.15, 0.2) is 34.7 Å². The first kappa shape index (κ1) is 16.2. The predicted octanol–water partition coefficient (Wildman–Crippen LogP) is 3.80. The Morgan fingerprint density at radius 1 is 1.42 bits per heavy atom. The van der Waals surface area contributed by atoms with Gasteiger partial charge >= 0.3 is 0 Å². The quantitative estimate of drug-likeness (QED) is 0.831. The highest BCUT2D eigenvalue weighted by molar-refractivity contribution is 7.91. The number of likely N-dealkylation sites (tertiary alicyclic amines) is 1. The Hall–Kier alpha value is -1.24. The van der Waals surface area contributed by atoms with Gasteiger partial charge in [-0.15, -0.1) is 0 Å². The van der Waals surface area contributed by atoms with Crippen molar-refractivity contribution in [3.8, 4) is 11.1 Å². The van der Waals surface area contributed by atoms with Crippen LogP contribution in [-0.4, -0.2) is 42.6 Å². The third-order valence-corrected chi connectivity index (χ3v) is 8.26. The molecule has 2 aliphatic rings. The Balaban J connectivity index is 0.00000182. The Labute approximate surface area is 149 Å². The Bertz CT molecular complexity index is 867. The van der Waals surface area contributed by atoms with Gasteiger partial charge in [0.1, 0.15) is 0 Å². The van der Waals surface area contributed by atoms with Crippen molar-refractivity contribution in [1.29, 1.82) is 0 Å². The molecule has 0 amide bonds. The highest BCUT2D eigenvalue weighted by Crippen LogP contribution is 2.44. The lowest BCUT2D eigenvalue weighted by Crippen LogP contribution is -2.39. The van der Waals surface area contributed by atoms with Crippen molar-refractivity contribution in [3.63, 3.8) is 0 Å². The zero-order valence-corrected chi connectivity index (χ0v) is 15.7. The molecule has 0 radical (unpaired) electrons. The second-order valence-corrected chi connectivity index (χ2v) is 10.0. The van der Waals surface area contributed by atoms with E-state index in [1.807, 2.05) is 17.6 Å². The number of hydrogen-bond donors (Lipinski definition) is 0. The molecule has 2 aromatic rings. The summed E-state index contributed by atoms with van der Waals surface area (Å²) < 4.78 is 29.4. The van der Waals surface area contributed by atoms with Gasteiger partial charge in [-0.2, -0.15) is 0 Å². The molecule has 0 N–H and O–H groups in total. The number of rotatable bonds is 3. The minimum Gasteiger partial charge on any atom is -0.301 e. The van der Waals surface area contributed by atoms with Crippen molar-refractivity contribution in [1.82, 2.24) is 9.27 Å². The number of nitrogens with zero attached hydrogens (tertiary/aromatic N) is 2. The van der Waals surface area contributed by atoms with Crippen LogP contribution in [0.3, 0.4) is 0 Å². The molecular formula is C18H24N2O2S2. The van der Waals surface area contributed by atoms with Crippen LogP contribution in [0.2, 0.25) is 0 Å². The van der Waals surface area contributed by atoms with Crippen molar-refractivity contribution < 1.29 is 9.84 Å². The third-order valence-electron chi connectivity index (χ3n) is 5.79. The zero-order chi connectivity index (χ0) is 16.9. The Kier molecular flexibility index (Phi) is 3.82. The largest absolute Gasteiger partial charge is 0.301 e. The molecule has 1 aromatic heterocycles. The molecule has 4 rings (SSSR count). The molecule has 3 heterocycles. The fraction of sp³-hybridized carbons (Fsp3) is 0.500. The van der Waals surface area contributed by atoms with E-state index in [-0.39, 0.29) is 18.6 Å². The zero-order valence-electron chi connectivity index (χ0n) is 14.0. The molecule has 0 aliphatic carbocycles. The first-order chi connectivity index (χ1) is 11.4. The molecule has 4 nitrogen and oxygen atoms in total. The summed E-state index contributed by atoms with van der Waals surface area (Å²) in [6.07, 6.45) is 5.08. The van der Waals surface area contributed by atoms with Crippen LogP contribution in [-0.2, 0) is 9.84 Å². The van der Waals surface area contributed by atoms with Gasteiger partial charge in [-0.25, -0.2) is 12.8 Å². The van der Waals surface area contributed by atoms with Crippen molar-refractivity contribution >= 4 is 21.4 Å². The summed E-state index contributed by atoms with van der Waals surface area (Å²) in [5, 5.41) is 2.01. The summed E-state index contributed by atoms with van der Waals surface area (Å²) in [7, 11) is -1.00. The summed E-state index contributed by atoms with van der Waals surface area (Å²) in [5.74, 6) is 0.332. The molecule has 1 fully saturated rings. The van der Waals surface area contributed by atoms with Crippen LogP contribution in [0, 0.1) is 0 Å². The minimum atomic E-state index is -3.16. The summed E-state index contributed by atoms with van der Waals surface area (Å²) in [4.78, 5) is 2.92. The van der Waals surface area contributed by atoms with Crippen LogP contribution in [0.5, 0.6) is 0 Å². The topological polar surface area (TPSA) is 50.3 Å². The van der Waals surface area contributed by atoms with Crippen molar-refractivity contribution in [2.24, 2.45) is 0 Å². The number of aromatic nitrogens is 1. The fourth-order valence-electron chi connectivity index (χ4n) is 4.24. The van der Waals surface area contributed by atoms with Crippen molar-refractivity contribution in [2.75, 3.05) is 19.3 Å². The molecule has 6 heteroatoms. The van der Waals surface area contributed by atoms with E-state index in [4.69, 9.17) is 0 Å². The average Bonchev–Trinajstić information content (AvgIpc) is 3.22. The third kappa shape index (κ3) is 2.61. The standard InChI is InChI=1S/C18H22N2O2S2.H2/c1-18(6-3-7-20(18)2)9-14-12-24(21,22)17-5-4-13(8-16(14)17)15-10-19-23-11-15;/h4-5,8,10-11,14H,3,6-7,9,12H2,1-2H3;1H. The lowest BCUT2D eigenvalue weighted by Gasteiger charge is -2.34. The number of fused-ring (bicyclic) bond motifs is 1. The number of sulfone groups is 1. The van der Waals surface area contributed by atoms with Gasteiger partial charge in [-0.3, -0.25) is 0 Å². The van der Waals surface area contributed by atoms with Crippen molar-refractivity contribution in [3.05, 3.63) is 35.3 Å². The van der Waals surface area contributed by atoms with E-state index in [0.717, 1.165) is 36.1 Å². The lowest BCUT2D eigenvalue weighted by atomic mass is 9.83. The van der Waals surface area contributed by atoms with Gasteiger partial charge in [0.15, 0.2) is 9.84 Å². The first-order valence-electron chi connectivity index (χ1n) is 8.37. The molecule has 1 aromatic carbocycles. The SMILES string of the molecule is CN1CCCC1(C)CC1CS(=O)(=O)c2ccc(-c3cnsc3)cc21.[HH]. The molecule has 24 heavy (non-hydrogen) atoms. The van der Waals surface area contributed by atoms with Gasteiger partial charge < -0.3 is 4.90 Å². The second-order valence-electron chi connectivity index (χ2n) is 7.37. The van der Waals surface area contributed by atoms with Gasteiger partial charge in [-0.1, -0.05) is 6.07 Å². The lowest BCUT2D eigenvalue weighted by molar-refractivity contribution is 0.173. The van der Waals surface area contributed by atoms with Crippen molar-refractivity contribution in [2.45, 2.75) is 42.5 Å². The predicted molar refractivity (Wildman–Crippen MR) is 99.3 cm³/mol. The van der Waals surface area contributed by atoms with E-state index in [0.29, 0.717) is 4.90 Å². The second kappa shape index (κ2) is 5.64. The van der Waals surface area contributed by atoms with Gasteiger partial charge in [-0.05, 0) is 74.6 Å². The van der Waals surface area contributed by atoms with E-state index in [2.05, 4.69) is 29.3 Å². The Morgan fingerprint density at radius 2 is 2.25 bits per heavy atom. The van der Waals surface area contributed by atoms with E-state index >= 15 is 0 Å². The fourth-order valence-corrected chi connectivity index (χ4v) is 6.65. The Morgan fingerprint density at radius 3 is 2.92 bits per heavy atom. The van der Waals surface area contributed by atoms with Crippen LogP contribution in [0.4, 0.5) is 0 Å². The molecule has 2 atom stereocenters. The molecule has 2 unspecified atom stereocenters.